The van der Waals surface area contributed by atoms with Gasteiger partial charge in [0.25, 0.3) is 0 Å². The highest BCUT2D eigenvalue weighted by Crippen LogP contribution is 2.31. The van der Waals surface area contributed by atoms with E-state index in [-0.39, 0.29) is 6.10 Å². The Bertz CT molecular complexity index is 273. The maximum atomic E-state index is 10.2. The van der Waals surface area contributed by atoms with Crippen molar-refractivity contribution in [1.82, 2.24) is 0 Å². The third kappa shape index (κ3) is 5.08. The molecule has 98 valence electrons. The third-order valence-corrected chi connectivity index (χ3v) is 3.52. The first kappa shape index (κ1) is 14.5. The fourth-order valence-electron chi connectivity index (χ4n) is 2.32. The van der Waals surface area contributed by atoms with Crippen LogP contribution in [0.15, 0.2) is 23.3 Å². The minimum atomic E-state index is -0.265. The number of hydrogen-bond acceptors (Lipinski definition) is 1. The van der Waals surface area contributed by atoms with E-state index in [1.165, 1.54) is 30.4 Å². The number of hydrogen-bond donors (Lipinski definition) is 1. The number of aliphatic hydroxyl groups excluding tert-OH is 1. The van der Waals surface area contributed by atoms with Crippen molar-refractivity contribution >= 4 is 0 Å². The molecule has 1 aliphatic rings. The highest BCUT2D eigenvalue weighted by atomic mass is 16.3. The summed E-state index contributed by atoms with van der Waals surface area (Å²) in [6.07, 6.45) is 12.3. The summed E-state index contributed by atoms with van der Waals surface area (Å²) in [5.74, 6) is 0.755. The molecule has 17 heavy (non-hydrogen) atoms. The Balaban J connectivity index is 2.43. The fourth-order valence-corrected chi connectivity index (χ4v) is 2.32. The van der Waals surface area contributed by atoms with Gasteiger partial charge >= 0.3 is 0 Å². The van der Waals surface area contributed by atoms with Gasteiger partial charge in [-0.25, -0.2) is 0 Å². The van der Waals surface area contributed by atoms with Crippen LogP contribution in [0.5, 0.6) is 0 Å². The third-order valence-electron chi connectivity index (χ3n) is 3.52. The Kier molecular flexibility index (Phi) is 6.57. The lowest BCUT2D eigenvalue weighted by Gasteiger charge is -2.07. The van der Waals surface area contributed by atoms with Crippen molar-refractivity contribution in [1.29, 1.82) is 0 Å². The standard InChI is InChI=1S/C16H28O/c1-4-5-6-9-14-11-12-15(16(14)17)10-7-8-13(2)3/h9-10,13,16-17H,4-8,11-12H2,1-3H3. The number of allylic oxidation sites excluding steroid dienone is 2. The molecule has 0 bridgehead atoms. The van der Waals surface area contributed by atoms with Crippen LogP contribution >= 0.6 is 0 Å². The van der Waals surface area contributed by atoms with E-state index in [1.54, 1.807) is 0 Å². The quantitative estimate of drug-likeness (QED) is 0.527. The van der Waals surface area contributed by atoms with Gasteiger partial charge in [-0.15, -0.1) is 0 Å². The molecule has 1 fully saturated rings. The number of rotatable bonds is 6. The molecule has 1 nitrogen and oxygen atoms in total. The van der Waals surface area contributed by atoms with Crippen LogP contribution in [0.4, 0.5) is 0 Å². The average molecular weight is 236 g/mol. The van der Waals surface area contributed by atoms with E-state index in [0.717, 1.165) is 31.6 Å². The van der Waals surface area contributed by atoms with Crippen LogP contribution < -0.4 is 0 Å². The van der Waals surface area contributed by atoms with Gasteiger partial charge in [0, 0.05) is 0 Å². The van der Waals surface area contributed by atoms with Gasteiger partial charge < -0.3 is 5.11 Å². The van der Waals surface area contributed by atoms with Crippen LogP contribution in [0.1, 0.15) is 65.7 Å². The van der Waals surface area contributed by atoms with Crippen LogP contribution in [-0.4, -0.2) is 11.2 Å². The van der Waals surface area contributed by atoms with Gasteiger partial charge in [-0.05, 0) is 49.2 Å². The zero-order valence-corrected chi connectivity index (χ0v) is 11.7. The van der Waals surface area contributed by atoms with Crippen molar-refractivity contribution in [3.8, 4) is 0 Å². The molecule has 0 spiro atoms. The van der Waals surface area contributed by atoms with E-state index in [1.807, 2.05) is 0 Å². The van der Waals surface area contributed by atoms with Crippen LogP contribution in [0, 0.1) is 5.92 Å². The molecule has 1 rings (SSSR count). The van der Waals surface area contributed by atoms with E-state index in [4.69, 9.17) is 0 Å². The van der Waals surface area contributed by atoms with Crippen molar-refractivity contribution < 1.29 is 5.11 Å². The van der Waals surface area contributed by atoms with Gasteiger partial charge in [-0.3, -0.25) is 0 Å². The predicted octanol–water partition coefficient (Wildman–Crippen LogP) is 4.62. The van der Waals surface area contributed by atoms with Gasteiger partial charge in [0.1, 0.15) is 0 Å². The molecule has 0 aliphatic heterocycles. The molecular weight excluding hydrogens is 208 g/mol. The maximum absolute atomic E-state index is 10.2. The maximum Gasteiger partial charge on any atom is 0.0961 e. The molecule has 1 unspecified atom stereocenters. The highest BCUT2D eigenvalue weighted by Gasteiger charge is 2.22. The van der Waals surface area contributed by atoms with Gasteiger partial charge in [0.05, 0.1) is 6.10 Å². The topological polar surface area (TPSA) is 20.2 Å². The smallest absolute Gasteiger partial charge is 0.0961 e. The molecule has 0 aromatic heterocycles. The van der Waals surface area contributed by atoms with E-state index in [2.05, 4.69) is 32.9 Å². The Hall–Kier alpha value is -0.560. The van der Waals surface area contributed by atoms with Crippen LogP contribution in [0.25, 0.3) is 0 Å². The monoisotopic (exact) mass is 236 g/mol. The van der Waals surface area contributed by atoms with Crippen LogP contribution in [-0.2, 0) is 0 Å². The fraction of sp³-hybridized carbons (Fsp3) is 0.750. The average Bonchev–Trinajstić information content (AvgIpc) is 2.61. The normalized spacial score (nSPS) is 25.4. The Morgan fingerprint density at radius 1 is 1.18 bits per heavy atom. The molecule has 0 saturated heterocycles. The molecule has 0 aromatic carbocycles. The van der Waals surface area contributed by atoms with E-state index in [0.29, 0.717) is 0 Å². The summed E-state index contributed by atoms with van der Waals surface area (Å²) in [6, 6.07) is 0. The van der Waals surface area contributed by atoms with Gasteiger partial charge in [0.2, 0.25) is 0 Å². The molecule has 1 N–H and O–H groups in total. The summed E-state index contributed by atoms with van der Waals surface area (Å²) >= 11 is 0. The predicted molar refractivity (Wildman–Crippen MR) is 75.0 cm³/mol. The molecule has 1 saturated carbocycles. The molecule has 1 aliphatic carbocycles. The van der Waals surface area contributed by atoms with Crippen LogP contribution in [0.2, 0.25) is 0 Å². The molecule has 0 heterocycles. The first-order chi connectivity index (χ1) is 8.15. The summed E-state index contributed by atoms with van der Waals surface area (Å²) in [5.41, 5.74) is 2.52. The van der Waals surface area contributed by atoms with Crippen LogP contribution in [0.3, 0.4) is 0 Å². The summed E-state index contributed by atoms with van der Waals surface area (Å²) in [4.78, 5) is 0. The first-order valence-electron chi connectivity index (χ1n) is 7.21. The van der Waals surface area contributed by atoms with E-state index in [9.17, 15) is 5.11 Å². The summed E-state index contributed by atoms with van der Waals surface area (Å²) < 4.78 is 0. The Labute approximate surface area is 107 Å². The van der Waals surface area contributed by atoms with Crippen molar-refractivity contribution in [3.05, 3.63) is 23.3 Å². The number of unbranched alkanes of at least 4 members (excludes halogenated alkanes) is 2. The highest BCUT2D eigenvalue weighted by molar-refractivity contribution is 5.30. The van der Waals surface area contributed by atoms with Gasteiger partial charge in [0.15, 0.2) is 0 Å². The minimum absolute atomic E-state index is 0.265. The van der Waals surface area contributed by atoms with Crippen molar-refractivity contribution in [2.45, 2.75) is 71.8 Å². The Morgan fingerprint density at radius 2 is 1.76 bits per heavy atom. The minimum Gasteiger partial charge on any atom is -0.384 e. The lowest BCUT2D eigenvalue weighted by molar-refractivity contribution is 0.254. The Morgan fingerprint density at radius 3 is 2.29 bits per heavy atom. The molecule has 1 heteroatoms. The molecule has 0 amide bonds. The lowest BCUT2D eigenvalue weighted by Crippen LogP contribution is -2.05. The lowest BCUT2D eigenvalue weighted by atomic mass is 10.0. The zero-order valence-electron chi connectivity index (χ0n) is 11.7. The van der Waals surface area contributed by atoms with Crippen molar-refractivity contribution in [2.75, 3.05) is 0 Å². The molecule has 1 atom stereocenters. The van der Waals surface area contributed by atoms with E-state index >= 15 is 0 Å². The largest absolute Gasteiger partial charge is 0.384 e. The zero-order chi connectivity index (χ0) is 12.7. The second kappa shape index (κ2) is 7.71. The van der Waals surface area contributed by atoms with Gasteiger partial charge in [-0.2, -0.15) is 0 Å². The summed E-state index contributed by atoms with van der Waals surface area (Å²) in [6.45, 7) is 6.71. The summed E-state index contributed by atoms with van der Waals surface area (Å²) in [7, 11) is 0. The summed E-state index contributed by atoms with van der Waals surface area (Å²) in [5, 5.41) is 10.2. The van der Waals surface area contributed by atoms with E-state index < -0.39 is 0 Å². The second-order valence-corrected chi connectivity index (χ2v) is 5.57. The van der Waals surface area contributed by atoms with Crippen molar-refractivity contribution in [2.24, 2.45) is 5.92 Å². The van der Waals surface area contributed by atoms with Crippen molar-refractivity contribution in [3.63, 3.8) is 0 Å². The SMILES string of the molecule is CCCCC=C1CCC(=CCCC(C)C)C1O. The molecular formula is C16H28O. The first-order valence-corrected chi connectivity index (χ1v) is 7.21. The molecule has 0 aromatic rings. The number of aliphatic hydroxyl groups is 1. The van der Waals surface area contributed by atoms with Gasteiger partial charge in [-0.1, -0.05) is 45.8 Å². The molecule has 0 radical (unpaired) electrons. The second-order valence-electron chi connectivity index (χ2n) is 5.57.